The van der Waals surface area contributed by atoms with Crippen LogP contribution >= 0.6 is 0 Å². The van der Waals surface area contributed by atoms with E-state index in [9.17, 15) is 14.7 Å². The van der Waals surface area contributed by atoms with E-state index in [1.54, 1.807) is 10.6 Å². The fourth-order valence-corrected chi connectivity index (χ4v) is 5.20. The lowest BCUT2D eigenvalue weighted by Crippen LogP contribution is -2.40. The van der Waals surface area contributed by atoms with E-state index < -0.39 is 17.2 Å². The van der Waals surface area contributed by atoms with Crippen LogP contribution in [0.15, 0.2) is 41.2 Å². The maximum absolute atomic E-state index is 13.0. The molecule has 30 heavy (non-hydrogen) atoms. The number of carboxylic acids is 1. The van der Waals surface area contributed by atoms with Gasteiger partial charge in [0.05, 0.1) is 11.0 Å². The third kappa shape index (κ3) is 4.19. The number of para-hydroxylation sites is 2. The predicted octanol–water partition coefficient (Wildman–Crippen LogP) is 4.40. The minimum atomic E-state index is -1.27. The number of carboxylic acid groups (broad SMARTS) is 1. The molecule has 2 aliphatic rings. The molecule has 1 aliphatic carbocycles. The fourth-order valence-electron chi connectivity index (χ4n) is 5.20. The SMILES string of the molecule is C[C@@H](C[C@@H]1CCCN1C1/C=C\CCCCC1)n1c(=O)c(C(=O)O)nc2ccccc21. The number of allylic oxidation sites excluding steroid dienone is 1. The van der Waals surface area contributed by atoms with Crippen LogP contribution in [0.5, 0.6) is 0 Å². The molecule has 1 fully saturated rings. The summed E-state index contributed by atoms with van der Waals surface area (Å²) in [6, 6.07) is 8.09. The van der Waals surface area contributed by atoms with Gasteiger partial charge in [0.1, 0.15) is 0 Å². The summed E-state index contributed by atoms with van der Waals surface area (Å²) in [5.74, 6) is -1.27. The number of rotatable bonds is 5. The van der Waals surface area contributed by atoms with Crippen LogP contribution in [-0.2, 0) is 0 Å². The molecule has 0 amide bonds. The normalized spacial score (nSPS) is 25.0. The van der Waals surface area contributed by atoms with Gasteiger partial charge in [-0.1, -0.05) is 37.1 Å². The van der Waals surface area contributed by atoms with Crippen molar-refractivity contribution >= 4 is 17.0 Å². The molecule has 3 atom stereocenters. The molecule has 1 aromatic heterocycles. The minimum absolute atomic E-state index is 0.105. The van der Waals surface area contributed by atoms with Gasteiger partial charge in [0.25, 0.3) is 5.56 Å². The fraction of sp³-hybridized carbons (Fsp3) is 0.542. The maximum Gasteiger partial charge on any atom is 0.360 e. The van der Waals surface area contributed by atoms with Gasteiger partial charge in [0, 0.05) is 18.1 Å². The van der Waals surface area contributed by atoms with E-state index in [2.05, 4.69) is 22.0 Å². The molecule has 6 heteroatoms. The summed E-state index contributed by atoms with van der Waals surface area (Å²) in [6.07, 6.45) is 14.1. The van der Waals surface area contributed by atoms with Crippen molar-refractivity contribution in [2.75, 3.05) is 6.54 Å². The summed E-state index contributed by atoms with van der Waals surface area (Å²) in [6.45, 7) is 3.13. The van der Waals surface area contributed by atoms with E-state index >= 15 is 0 Å². The van der Waals surface area contributed by atoms with Crippen molar-refractivity contribution < 1.29 is 9.90 Å². The lowest BCUT2D eigenvalue weighted by atomic mass is 9.98. The summed E-state index contributed by atoms with van der Waals surface area (Å²) in [7, 11) is 0. The van der Waals surface area contributed by atoms with E-state index in [0.717, 1.165) is 19.4 Å². The summed E-state index contributed by atoms with van der Waals surface area (Å²) < 4.78 is 1.65. The van der Waals surface area contributed by atoms with Crippen LogP contribution in [0.3, 0.4) is 0 Å². The standard InChI is InChI=1S/C24H31N3O3/c1-17(16-19-12-9-15-26(19)18-10-5-3-2-4-6-11-18)27-21-14-8-7-13-20(21)25-22(23(27)28)24(29)30/h5,7-8,10,13-14,17-19H,2-4,6,9,11-12,15-16H2,1H3,(H,29,30)/b10-5-/t17-,18?,19-/m0/s1. The van der Waals surface area contributed by atoms with E-state index in [-0.39, 0.29) is 6.04 Å². The Labute approximate surface area is 177 Å². The molecule has 1 unspecified atom stereocenters. The molecule has 1 N–H and O–H groups in total. The highest BCUT2D eigenvalue weighted by atomic mass is 16.4. The van der Waals surface area contributed by atoms with Gasteiger partial charge in [-0.2, -0.15) is 0 Å². The van der Waals surface area contributed by atoms with Crippen molar-refractivity contribution in [1.82, 2.24) is 14.5 Å². The predicted molar refractivity (Wildman–Crippen MR) is 118 cm³/mol. The maximum atomic E-state index is 13.0. The average molecular weight is 410 g/mol. The highest BCUT2D eigenvalue weighted by Crippen LogP contribution is 2.31. The van der Waals surface area contributed by atoms with Crippen LogP contribution in [0.25, 0.3) is 11.0 Å². The van der Waals surface area contributed by atoms with Crippen LogP contribution < -0.4 is 5.56 Å². The Hall–Kier alpha value is -2.47. The van der Waals surface area contributed by atoms with Gasteiger partial charge in [0.2, 0.25) is 5.69 Å². The van der Waals surface area contributed by atoms with Crippen LogP contribution in [0, 0.1) is 0 Å². The average Bonchev–Trinajstić information content (AvgIpc) is 3.14. The number of aromatic carboxylic acids is 1. The molecule has 1 aliphatic heterocycles. The second-order valence-corrected chi connectivity index (χ2v) is 8.68. The molecule has 0 bridgehead atoms. The first-order valence-electron chi connectivity index (χ1n) is 11.2. The number of hydrogen-bond donors (Lipinski definition) is 1. The number of benzene rings is 1. The summed E-state index contributed by atoms with van der Waals surface area (Å²) in [4.78, 5) is 31.3. The molecular weight excluding hydrogens is 378 g/mol. The zero-order valence-corrected chi connectivity index (χ0v) is 17.7. The van der Waals surface area contributed by atoms with Crippen molar-refractivity contribution in [1.29, 1.82) is 0 Å². The highest BCUT2D eigenvalue weighted by molar-refractivity contribution is 5.88. The van der Waals surface area contributed by atoms with E-state index in [0.29, 0.717) is 23.1 Å². The Morgan fingerprint density at radius 1 is 1.20 bits per heavy atom. The third-order valence-corrected chi connectivity index (χ3v) is 6.63. The zero-order valence-electron chi connectivity index (χ0n) is 17.7. The quantitative estimate of drug-likeness (QED) is 0.741. The first kappa shape index (κ1) is 20.8. The molecular formula is C24H31N3O3. The Kier molecular flexibility index (Phi) is 6.32. The number of carbonyl (C=O) groups is 1. The molecule has 160 valence electrons. The lowest BCUT2D eigenvalue weighted by Gasteiger charge is -2.34. The van der Waals surface area contributed by atoms with Crippen molar-refractivity contribution in [3.05, 3.63) is 52.5 Å². The molecule has 0 saturated carbocycles. The van der Waals surface area contributed by atoms with Gasteiger partial charge in [0.15, 0.2) is 0 Å². The van der Waals surface area contributed by atoms with Crippen molar-refractivity contribution in [2.24, 2.45) is 0 Å². The second-order valence-electron chi connectivity index (χ2n) is 8.68. The number of likely N-dealkylation sites (tertiary alicyclic amines) is 1. The van der Waals surface area contributed by atoms with Gasteiger partial charge < -0.3 is 9.67 Å². The van der Waals surface area contributed by atoms with Crippen LogP contribution in [0.4, 0.5) is 0 Å². The molecule has 0 radical (unpaired) electrons. The monoisotopic (exact) mass is 409 g/mol. The molecule has 4 rings (SSSR count). The van der Waals surface area contributed by atoms with Gasteiger partial charge in [-0.3, -0.25) is 9.69 Å². The first-order chi connectivity index (χ1) is 14.6. The third-order valence-electron chi connectivity index (χ3n) is 6.63. The molecule has 1 aromatic carbocycles. The van der Waals surface area contributed by atoms with E-state index in [1.807, 2.05) is 25.1 Å². The van der Waals surface area contributed by atoms with E-state index in [1.165, 1.54) is 38.5 Å². The first-order valence-corrected chi connectivity index (χ1v) is 11.2. The van der Waals surface area contributed by atoms with Crippen molar-refractivity contribution in [2.45, 2.75) is 76.4 Å². The summed E-state index contributed by atoms with van der Waals surface area (Å²) in [5, 5.41) is 9.49. The van der Waals surface area contributed by atoms with Gasteiger partial charge in [-0.25, -0.2) is 9.78 Å². The van der Waals surface area contributed by atoms with Gasteiger partial charge in [-0.05, 0) is 64.1 Å². The molecule has 1 saturated heterocycles. The number of fused-ring (bicyclic) bond motifs is 1. The molecule has 2 heterocycles. The molecule has 2 aromatic rings. The highest BCUT2D eigenvalue weighted by Gasteiger charge is 2.31. The number of nitrogens with zero attached hydrogens (tertiary/aromatic N) is 3. The summed E-state index contributed by atoms with van der Waals surface area (Å²) >= 11 is 0. The summed E-state index contributed by atoms with van der Waals surface area (Å²) in [5.41, 5.74) is 0.346. The van der Waals surface area contributed by atoms with Crippen molar-refractivity contribution in [3.63, 3.8) is 0 Å². The Morgan fingerprint density at radius 3 is 2.87 bits per heavy atom. The molecule has 6 nitrogen and oxygen atoms in total. The number of aromatic nitrogens is 2. The minimum Gasteiger partial charge on any atom is -0.476 e. The van der Waals surface area contributed by atoms with Crippen molar-refractivity contribution in [3.8, 4) is 0 Å². The Balaban J connectivity index is 1.63. The topological polar surface area (TPSA) is 75.4 Å². The van der Waals surface area contributed by atoms with Crippen LogP contribution in [0.1, 0.15) is 74.8 Å². The Morgan fingerprint density at radius 2 is 2.03 bits per heavy atom. The lowest BCUT2D eigenvalue weighted by molar-refractivity contribution is 0.0687. The van der Waals surface area contributed by atoms with Crippen LogP contribution in [0.2, 0.25) is 0 Å². The Bertz CT molecular complexity index is 997. The zero-order chi connectivity index (χ0) is 21.1. The second kappa shape index (κ2) is 9.13. The van der Waals surface area contributed by atoms with E-state index in [4.69, 9.17) is 0 Å². The van der Waals surface area contributed by atoms with Gasteiger partial charge in [-0.15, -0.1) is 0 Å². The smallest absolute Gasteiger partial charge is 0.360 e. The number of hydrogen-bond acceptors (Lipinski definition) is 4. The van der Waals surface area contributed by atoms with Crippen LogP contribution in [-0.4, -0.2) is 44.2 Å². The largest absolute Gasteiger partial charge is 0.476 e. The molecule has 0 spiro atoms. The van der Waals surface area contributed by atoms with Gasteiger partial charge >= 0.3 is 5.97 Å².